The first-order valence-electron chi connectivity index (χ1n) is 12.7. The van der Waals surface area contributed by atoms with Crippen LogP contribution in [0, 0.1) is 30.3 Å². The summed E-state index contributed by atoms with van der Waals surface area (Å²) in [6.45, 7) is 3.39. The molecule has 0 amide bonds. The number of benzene rings is 4. The molecule has 0 N–H and O–H groups in total. The molecule has 196 valence electrons. The molecule has 6 heteroatoms. The van der Waals surface area contributed by atoms with Gasteiger partial charge in [0, 0.05) is 17.7 Å². The van der Waals surface area contributed by atoms with Crippen LogP contribution in [0.3, 0.4) is 0 Å². The second-order valence-electron chi connectivity index (χ2n) is 9.95. The second kappa shape index (κ2) is 10.2. The number of hydrogen-bond donors (Lipinski definition) is 0. The van der Waals surface area contributed by atoms with Gasteiger partial charge in [-0.15, -0.1) is 0 Å². The normalized spacial score (nSPS) is 15.0. The lowest BCUT2D eigenvalue weighted by atomic mass is 9.97. The van der Waals surface area contributed by atoms with Gasteiger partial charge in [0.05, 0.1) is 5.56 Å². The molecule has 0 radical (unpaired) electrons. The van der Waals surface area contributed by atoms with Gasteiger partial charge in [-0.1, -0.05) is 68.3 Å². The van der Waals surface area contributed by atoms with Crippen molar-refractivity contribution in [3.05, 3.63) is 113 Å². The number of rotatable bonds is 7. The predicted octanol–water partition coefficient (Wildman–Crippen LogP) is 9.39. The third-order valence-corrected chi connectivity index (χ3v) is 7.26. The second-order valence-corrected chi connectivity index (χ2v) is 9.95. The van der Waals surface area contributed by atoms with Crippen molar-refractivity contribution in [2.24, 2.45) is 5.92 Å². The van der Waals surface area contributed by atoms with E-state index in [1.807, 2.05) is 24.3 Å². The number of ether oxygens (including phenoxy) is 1. The smallest absolute Gasteiger partial charge is 0.429 e. The summed E-state index contributed by atoms with van der Waals surface area (Å²) < 4.78 is 76.2. The minimum Gasteiger partial charge on any atom is -0.429 e. The Bertz CT molecular complexity index is 1450. The number of alkyl halides is 2. The fourth-order valence-electron chi connectivity index (χ4n) is 5.17. The first-order chi connectivity index (χ1) is 18.1. The van der Waals surface area contributed by atoms with E-state index in [1.54, 1.807) is 0 Å². The summed E-state index contributed by atoms with van der Waals surface area (Å²) in [5.74, 6) is -3.28. The van der Waals surface area contributed by atoms with Crippen LogP contribution >= 0.6 is 0 Å². The number of hydrogen-bond acceptors (Lipinski definition) is 1. The minimum atomic E-state index is -4.13. The molecule has 0 saturated heterocycles. The molecular weight excluding hydrogens is 495 g/mol. The van der Waals surface area contributed by atoms with Crippen molar-refractivity contribution in [2.45, 2.75) is 45.6 Å². The van der Waals surface area contributed by atoms with E-state index in [1.165, 1.54) is 37.0 Å². The van der Waals surface area contributed by atoms with Gasteiger partial charge in [-0.3, -0.25) is 0 Å². The number of halogens is 5. The van der Waals surface area contributed by atoms with E-state index in [9.17, 15) is 22.0 Å². The van der Waals surface area contributed by atoms with E-state index in [0.717, 1.165) is 36.1 Å². The standard InChI is InChI=1S/C32H27F5O/c1-3-4-20-13-23-9-10-24(15-26(23)14-20)21-5-7-22(8-6-21)25-11-12-28(31(35)16-25)32(36,37)38-27-17-29(33)19(2)30(34)18-27/h5-12,15-18,20H,3-4,13-14H2,1-2H3. The van der Waals surface area contributed by atoms with Crippen molar-refractivity contribution in [3.8, 4) is 28.0 Å². The summed E-state index contributed by atoms with van der Waals surface area (Å²) in [5.41, 5.74) is 4.66. The Labute approximate surface area is 218 Å². The Morgan fingerprint density at radius 1 is 0.711 bits per heavy atom. The van der Waals surface area contributed by atoms with Crippen LogP contribution in [0.25, 0.3) is 22.3 Å². The van der Waals surface area contributed by atoms with Crippen LogP contribution in [0.2, 0.25) is 0 Å². The maximum absolute atomic E-state index is 14.8. The van der Waals surface area contributed by atoms with Crippen molar-refractivity contribution >= 4 is 0 Å². The molecule has 1 aliphatic carbocycles. The highest BCUT2D eigenvalue weighted by Crippen LogP contribution is 2.37. The molecule has 4 aromatic rings. The first-order valence-corrected chi connectivity index (χ1v) is 12.7. The molecule has 1 aliphatic rings. The van der Waals surface area contributed by atoms with Crippen molar-refractivity contribution in [1.29, 1.82) is 0 Å². The molecule has 0 spiro atoms. The van der Waals surface area contributed by atoms with Crippen LogP contribution in [-0.2, 0) is 19.0 Å². The van der Waals surface area contributed by atoms with Crippen molar-refractivity contribution < 1.29 is 26.7 Å². The van der Waals surface area contributed by atoms with Crippen LogP contribution in [0.1, 0.15) is 42.0 Å². The van der Waals surface area contributed by atoms with Crippen LogP contribution < -0.4 is 4.74 Å². The predicted molar refractivity (Wildman–Crippen MR) is 139 cm³/mol. The molecule has 38 heavy (non-hydrogen) atoms. The summed E-state index contributed by atoms with van der Waals surface area (Å²) in [4.78, 5) is 0. The average molecular weight is 523 g/mol. The van der Waals surface area contributed by atoms with Gasteiger partial charge in [0.1, 0.15) is 23.2 Å². The van der Waals surface area contributed by atoms with Crippen molar-refractivity contribution in [3.63, 3.8) is 0 Å². The molecule has 0 saturated carbocycles. The molecule has 4 aromatic carbocycles. The Hall–Kier alpha value is -3.67. The highest BCUT2D eigenvalue weighted by atomic mass is 19.3. The van der Waals surface area contributed by atoms with E-state index in [2.05, 4.69) is 29.9 Å². The average Bonchev–Trinajstić information content (AvgIpc) is 3.29. The summed E-state index contributed by atoms with van der Waals surface area (Å²) >= 11 is 0. The topological polar surface area (TPSA) is 9.23 Å². The summed E-state index contributed by atoms with van der Waals surface area (Å²) in [6.07, 6.45) is 0.515. The van der Waals surface area contributed by atoms with Gasteiger partial charge in [0.25, 0.3) is 0 Å². The maximum atomic E-state index is 14.8. The SMILES string of the molecule is CCCC1Cc2ccc(-c3ccc(-c4ccc(C(F)(F)Oc5cc(F)c(C)c(F)c5)c(F)c4)cc3)cc2C1. The summed E-state index contributed by atoms with van der Waals surface area (Å²) in [7, 11) is 0. The Morgan fingerprint density at radius 3 is 1.87 bits per heavy atom. The molecule has 1 unspecified atom stereocenters. The van der Waals surface area contributed by atoms with E-state index >= 15 is 0 Å². The van der Waals surface area contributed by atoms with E-state index in [4.69, 9.17) is 0 Å². The molecule has 5 rings (SSSR count). The zero-order valence-corrected chi connectivity index (χ0v) is 21.1. The molecule has 0 aromatic heterocycles. The third-order valence-electron chi connectivity index (χ3n) is 7.26. The van der Waals surface area contributed by atoms with Gasteiger partial charge in [-0.05, 0) is 71.2 Å². The van der Waals surface area contributed by atoms with E-state index < -0.39 is 34.9 Å². The Kier molecular flexibility index (Phi) is 6.99. The fourth-order valence-corrected chi connectivity index (χ4v) is 5.17. The fraction of sp³-hybridized carbons (Fsp3) is 0.250. The first kappa shape index (κ1) is 26.0. The van der Waals surface area contributed by atoms with E-state index in [0.29, 0.717) is 29.2 Å². The third kappa shape index (κ3) is 5.17. The summed E-state index contributed by atoms with van der Waals surface area (Å²) in [5, 5.41) is 0. The maximum Gasteiger partial charge on any atom is 0.429 e. The van der Waals surface area contributed by atoms with E-state index in [-0.39, 0.29) is 5.56 Å². The monoisotopic (exact) mass is 522 g/mol. The van der Waals surface area contributed by atoms with Crippen LogP contribution in [0.5, 0.6) is 5.75 Å². The Morgan fingerprint density at radius 2 is 1.26 bits per heavy atom. The van der Waals surface area contributed by atoms with Crippen molar-refractivity contribution in [2.75, 3.05) is 0 Å². The Balaban J connectivity index is 1.34. The molecule has 1 atom stereocenters. The van der Waals surface area contributed by atoms with Gasteiger partial charge < -0.3 is 4.74 Å². The van der Waals surface area contributed by atoms with Crippen LogP contribution in [0.4, 0.5) is 22.0 Å². The largest absolute Gasteiger partial charge is 0.429 e. The number of fused-ring (bicyclic) bond motifs is 1. The zero-order chi connectivity index (χ0) is 27.0. The van der Waals surface area contributed by atoms with Crippen molar-refractivity contribution in [1.82, 2.24) is 0 Å². The van der Waals surface area contributed by atoms with Gasteiger partial charge in [-0.25, -0.2) is 13.2 Å². The lowest BCUT2D eigenvalue weighted by Gasteiger charge is -2.19. The molecule has 1 nitrogen and oxygen atoms in total. The quantitative estimate of drug-likeness (QED) is 0.220. The van der Waals surface area contributed by atoms with Gasteiger partial charge in [0.15, 0.2) is 0 Å². The highest BCUT2D eigenvalue weighted by molar-refractivity contribution is 5.71. The zero-order valence-electron chi connectivity index (χ0n) is 21.1. The highest BCUT2D eigenvalue weighted by Gasteiger charge is 2.38. The van der Waals surface area contributed by atoms with Gasteiger partial charge in [-0.2, -0.15) is 8.78 Å². The van der Waals surface area contributed by atoms with Gasteiger partial charge >= 0.3 is 6.11 Å². The van der Waals surface area contributed by atoms with Gasteiger partial charge in [0.2, 0.25) is 0 Å². The summed E-state index contributed by atoms with van der Waals surface area (Å²) in [6, 6.07) is 18.6. The molecule has 0 aliphatic heterocycles. The minimum absolute atomic E-state index is 0.320. The lowest BCUT2D eigenvalue weighted by Crippen LogP contribution is -2.23. The van der Waals surface area contributed by atoms with Crippen LogP contribution in [-0.4, -0.2) is 0 Å². The van der Waals surface area contributed by atoms with Crippen LogP contribution in [0.15, 0.2) is 72.8 Å². The molecule has 0 heterocycles. The lowest BCUT2D eigenvalue weighted by molar-refractivity contribution is -0.187. The molecular formula is C32H27F5O. The molecule has 0 fully saturated rings. The molecule has 0 bridgehead atoms.